The zero-order valence-corrected chi connectivity index (χ0v) is 15.6. The van der Waals surface area contributed by atoms with E-state index in [2.05, 4.69) is 42.3 Å². The minimum Gasteiger partial charge on any atom is -0.379 e. The molecule has 1 aliphatic rings. The summed E-state index contributed by atoms with van der Waals surface area (Å²) in [5, 5.41) is 2.97. The molecule has 0 radical (unpaired) electrons. The summed E-state index contributed by atoms with van der Waals surface area (Å²) < 4.78 is 5.30. The fraction of sp³-hybridized carbons (Fsp3) is 0.350. The summed E-state index contributed by atoms with van der Waals surface area (Å²) in [6, 6.07) is 14.5. The van der Waals surface area contributed by atoms with Gasteiger partial charge in [0, 0.05) is 28.6 Å². The second kappa shape index (κ2) is 8.52. The molecule has 0 atom stereocenters. The highest BCUT2D eigenvalue weighted by Crippen LogP contribution is 2.29. The Morgan fingerprint density at radius 1 is 1.04 bits per heavy atom. The van der Waals surface area contributed by atoms with Crippen LogP contribution in [0.5, 0.6) is 0 Å². The minimum atomic E-state index is 0.0245. The van der Waals surface area contributed by atoms with Gasteiger partial charge in [-0.05, 0) is 61.4 Å². The van der Waals surface area contributed by atoms with Crippen molar-refractivity contribution in [2.24, 2.45) is 0 Å². The molecule has 1 aliphatic heterocycles. The SMILES string of the molecule is Cc1ccc(Sc2ccc(NC(=O)CN3CCOCC3)cc2)cc1C. The highest BCUT2D eigenvalue weighted by Gasteiger charge is 2.14. The van der Waals surface area contributed by atoms with E-state index < -0.39 is 0 Å². The molecule has 2 aromatic carbocycles. The Bertz CT molecular complexity index is 725. The fourth-order valence-corrected chi connectivity index (χ4v) is 3.60. The summed E-state index contributed by atoms with van der Waals surface area (Å²) in [7, 11) is 0. The number of carbonyl (C=O) groups is 1. The molecule has 0 unspecified atom stereocenters. The van der Waals surface area contributed by atoms with E-state index in [9.17, 15) is 4.79 Å². The lowest BCUT2D eigenvalue weighted by Gasteiger charge is -2.25. The summed E-state index contributed by atoms with van der Waals surface area (Å²) in [5.74, 6) is 0.0245. The molecule has 0 aromatic heterocycles. The average Bonchev–Trinajstić information content (AvgIpc) is 2.61. The minimum absolute atomic E-state index is 0.0245. The van der Waals surface area contributed by atoms with E-state index in [1.165, 1.54) is 16.0 Å². The number of nitrogens with one attached hydrogen (secondary N) is 1. The molecule has 1 saturated heterocycles. The third kappa shape index (κ3) is 5.33. The Morgan fingerprint density at radius 3 is 2.40 bits per heavy atom. The quantitative estimate of drug-likeness (QED) is 0.886. The van der Waals surface area contributed by atoms with Crippen molar-refractivity contribution in [3.63, 3.8) is 0 Å². The molecular formula is C20H24N2O2S. The molecule has 25 heavy (non-hydrogen) atoms. The Balaban J connectivity index is 1.54. The number of morpholine rings is 1. The Kier molecular flexibility index (Phi) is 6.13. The van der Waals surface area contributed by atoms with E-state index in [0.29, 0.717) is 19.8 Å². The molecule has 0 saturated carbocycles. The molecule has 0 aliphatic carbocycles. The zero-order valence-electron chi connectivity index (χ0n) is 14.7. The molecule has 132 valence electrons. The van der Waals surface area contributed by atoms with Crippen LogP contribution in [-0.4, -0.2) is 43.7 Å². The van der Waals surface area contributed by atoms with Gasteiger partial charge in [0.15, 0.2) is 0 Å². The third-order valence-electron chi connectivity index (χ3n) is 4.32. The van der Waals surface area contributed by atoms with Crippen molar-refractivity contribution in [2.75, 3.05) is 38.2 Å². The second-order valence-corrected chi connectivity index (χ2v) is 7.46. The number of hydrogen-bond donors (Lipinski definition) is 1. The summed E-state index contributed by atoms with van der Waals surface area (Å²) in [4.78, 5) is 16.6. The Morgan fingerprint density at radius 2 is 1.72 bits per heavy atom. The number of hydrogen-bond acceptors (Lipinski definition) is 4. The van der Waals surface area contributed by atoms with Crippen LogP contribution in [0.4, 0.5) is 5.69 Å². The van der Waals surface area contributed by atoms with E-state index in [1.807, 2.05) is 24.3 Å². The van der Waals surface area contributed by atoms with Crippen LogP contribution in [0, 0.1) is 13.8 Å². The van der Waals surface area contributed by atoms with Gasteiger partial charge >= 0.3 is 0 Å². The summed E-state index contributed by atoms with van der Waals surface area (Å²) in [6.07, 6.45) is 0. The number of aryl methyl sites for hydroxylation is 2. The van der Waals surface area contributed by atoms with E-state index in [-0.39, 0.29) is 5.91 Å². The van der Waals surface area contributed by atoms with Gasteiger partial charge in [0.05, 0.1) is 19.8 Å². The molecule has 4 nitrogen and oxygen atoms in total. The largest absolute Gasteiger partial charge is 0.379 e. The van der Waals surface area contributed by atoms with Crippen LogP contribution in [0.3, 0.4) is 0 Å². The van der Waals surface area contributed by atoms with E-state index >= 15 is 0 Å². The maximum Gasteiger partial charge on any atom is 0.238 e. The molecular weight excluding hydrogens is 332 g/mol. The first-order valence-corrected chi connectivity index (χ1v) is 9.37. The molecule has 2 aromatic rings. The number of carbonyl (C=O) groups excluding carboxylic acids is 1. The molecule has 0 bridgehead atoms. The van der Waals surface area contributed by atoms with E-state index in [4.69, 9.17) is 4.74 Å². The van der Waals surface area contributed by atoms with Gasteiger partial charge in [-0.1, -0.05) is 17.8 Å². The van der Waals surface area contributed by atoms with Gasteiger partial charge in [-0.15, -0.1) is 0 Å². The zero-order chi connectivity index (χ0) is 17.6. The van der Waals surface area contributed by atoms with Gasteiger partial charge in [-0.2, -0.15) is 0 Å². The van der Waals surface area contributed by atoms with Crippen LogP contribution >= 0.6 is 11.8 Å². The van der Waals surface area contributed by atoms with E-state index in [1.54, 1.807) is 11.8 Å². The molecule has 1 heterocycles. The standard InChI is InChI=1S/C20H24N2O2S/c1-15-3-6-19(13-16(15)2)25-18-7-4-17(5-8-18)21-20(23)14-22-9-11-24-12-10-22/h3-8,13H,9-12,14H2,1-2H3,(H,21,23). The fourth-order valence-electron chi connectivity index (χ4n) is 2.68. The Hall–Kier alpha value is -1.82. The van der Waals surface area contributed by atoms with Gasteiger partial charge in [-0.3, -0.25) is 9.69 Å². The second-order valence-electron chi connectivity index (χ2n) is 6.31. The number of amides is 1. The van der Waals surface area contributed by atoms with Crippen molar-refractivity contribution in [2.45, 2.75) is 23.6 Å². The van der Waals surface area contributed by atoms with Crippen molar-refractivity contribution in [1.29, 1.82) is 0 Å². The summed E-state index contributed by atoms with van der Waals surface area (Å²) in [5.41, 5.74) is 3.45. The third-order valence-corrected chi connectivity index (χ3v) is 5.32. The topological polar surface area (TPSA) is 41.6 Å². The molecule has 1 N–H and O–H groups in total. The number of rotatable bonds is 5. The lowest BCUT2D eigenvalue weighted by atomic mass is 10.1. The van der Waals surface area contributed by atoms with Crippen LogP contribution < -0.4 is 5.32 Å². The lowest BCUT2D eigenvalue weighted by molar-refractivity contribution is -0.118. The Labute approximate surface area is 153 Å². The highest BCUT2D eigenvalue weighted by atomic mass is 32.2. The van der Waals surface area contributed by atoms with Crippen molar-refractivity contribution in [3.8, 4) is 0 Å². The van der Waals surface area contributed by atoms with Crippen LogP contribution in [0.15, 0.2) is 52.3 Å². The number of ether oxygens (including phenoxy) is 1. The number of anilines is 1. The number of nitrogens with zero attached hydrogens (tertiary/aromatic N) is 1. The first-order chi connectivity index (χ1) is 12.1. The van der Waals surface area contributed by atoms with Gasteiger partial charge < -0.3 is 10.1 Å². The molecule has 1 amide bonds. The monoisotopic (exact) mass is 356 g/mol. The molecule has 1 fully saturated rings. The van der Waals surface area contributed by atoms with Gasteiger partial charge in [-0.25, -0.2) is 0 Å². The summed E-state index contributed by atoms with van der Waals surface area (Å²) >= 11 is 1.73. The van der Waals surface area contributed by atoms with Crippen molar-refractivity contribution >= 4 is 23.4 Å². The highest BCUT2D eigenvalue weighted by molar-refractivity contribution is 7.99. The summed E-state index contributed by atoms with van der Waals surface area (Å²) in [6.45, 7) is 7.72. The average molecular weight is 356 g/mol. The molecule has 3 rings (SSSR count). The predicted molar refractivity (Wildman–Crippen MR) is 102 cm³/mol. The molecule has 0 spiro atoms. The number of benzene rings is 2. The van der Waals surface area contributed by atoms with Crippen molar-refractivity contribution < 1.29 is 9.53 Å². The van der Waals surface area contributed by atoms with Gasteiger partial charge in [0.25, 0.3) is 0 Å². The lowest BCUT2D eigenvalue weighted by Crippen LogP contribution is -2.41. The van der Waals surface area contributed by atoms with Gasteiger partial charge in [0.1, 0.15) is 0 Å². The first kappa shape index (κ1) is 18.0. The van der Waals surface area contributed by atoms with Crippen LogP contribution in [0.25, 0.3) is 0 Å². The predicted octanol–water partition coefficient (Wildman–Crippen LogP) is 3.73. The van der Waals surface area contributed by atoms with Crippen LogP contribution in [0.2, 0.25) is 0 Å². The normalized spacial score (nSPS) is 15.1. The smallest absolute Gasteiger partial charge is 0.238 e. The van der Waals surface area contributed by atoms with Crippen LogP contribution in [0.1, 0.15) is 11.1 Å². The van der Waals surface area contributed by atoms with Crippen LogP contribution in [-0.2, 0) is 9.53 Å². The molecule has 5 heteroatoms. The van der Waals surface area contributed by atoms with Crippen molar-refractivity contribution in [1.82, 2.24) is 4.90 Å². The maximum absolute atomic E-state index is 12.1. The van der Waals surface area contributed by atoms with Gasteiger partial charge in [0.2, 0.25) is 5.91 Å². The van der Waals surface area contributed by atoms with Crippen molar-refractivity contribution in [3.05, 3.63) is 53.6 Å². The first-order valence-electron chi connectivity index (χ1n) is 8.55. The van der Waals surface area contributed by atoms with E-state index in [0.717, 1.165) is 23.7 Å². The maximum atomic E-state index is 12.1.